The Balaban J connectivity index is 0.000000212. The number of pyridine rings is 1. The highest BCUT2D eigenvalue weighted by Gasteiger charge is 2.15. The molecule has 2 N–H and O–H groups in total. The molecule has 0 saturated carbocycles. The van der Waals surface area contributed by atoms with Crippen molar-refractivity contribution in [2.24, 2.45) is 0 Å². The third-order valence-corrected chi connectivity index (χ3v) is 4.82. The maximum Gasteiger partial charge on any atom is 0.488 e. The zero-order chi connectivity index (χ0) is 21.7. The quantitative estimate of drug-likeness (QED) is 0.624. The number of rotatable bonds is 2. The van der Waals surface area contributed by atoms with Gasteiger partial charge in [-0.15, -0.1) is 0 Å². The summed E-state index contributed by atoms with van der Waals surface area (Å²) in [4.78, 5) is 4.13. The summed E-state index contributed by atoms with van der Waals surface area (Å²) >= 11 is 0. The minimum Gasteiger partial charge on any atom is -0.423 e. The van der Waals surface area contributed by atoms with Crippen molar-refractivity contribution < 1.29 is 10.0 Å². The van der Waals surface area contributed by atoms with Crippen LogP contribution in [0.4, 0.5) is 0 Å². The molecular weight excluding hydrogens is 357 g/mol. The molecule has 29 heavy (non-hydrogen) atoms. The Hall–Kier alpha value is -2.43. The number of nitrogens with zero attached hydrogens (tertiary/aromatic N) is 1. The SMILES string of the molecule is CC(C)(C)c1ccc(-c2cccnc2)cc1.CC(C)(C)c1ccc(B(O)O)cc1. The molecule has 0 aliphatic heterocycles. The fourth-order valence-corrected chi connectivity index (χ4v) is 2.85. The van der Waals surface area contributed by atoms with Crippen molar-refractivity contribution in [3.63, 3.8) is 0 Å². The Labute approximate surface area is 175 Å². The summed E-state index contributed by atoms with van der Waals surface area (Å²) in [5.41, 5.74) is 5.81. The molecule has 0 aliphatic carbocycles. The van der Waals surface area contributed by atoms with Crippen molar-refractivity contribution in [1.29, 1.82) is 0 Å². The molecule has 0 atom stereocenters. The number of aromatic nitrogens is 1. The van der Waals surface area contributed by atoms with Gasteiger partial charge in [-0.25, -0.2) is 0 Å². The van der Waals surface area contributed by atoms with Crippen LogP contribution in [0, 0.1) is 0 Å². The average molecular weight is 389 g/mol. The highest BCUT2D eigenvalue weighted by molar-refractivity contribution is 6.58. The van der Waals surface area contributed by atoms with E-state index < -0.39 is 7.12 Å². The van der Waals surface area contributed by atoms with E-state index in [4.69, 9.17) is 10.0 Å². The lowest BCUT2D eigenvalue weighted by molar-refractivity contribution is 0.425. The Morgan fingerprint density at radius 3 is 1.52 bits per heavy atom. The van der Waals surface area contributed by atoms with Gasteiger partial charge in [-0.1, -0.05) is 96.1 Å². The molecule has 0 amide bonds. The van der Waals surface area contributed by atoms with Gasteiger partial charge in [0.25, 0.3) is 0 Å². The predicted molar refractivity (Wildman–Crippen MR) is 123 cm³/mol. The van der Waals surface area contributed by atoms with Gasteiger partial charge in [0.1, 0.15) is 0 Å². The van der Waals surface area contributed by atoms with Gasteiger partial charge in [0, 0.05) is 12.4 Å². The van der Waals surface area contributed by atoms with Gasteiger partial charge in [0.15, 0.2) is 0 Å². The van der Waals surface area contributed by atoms with Gasteiger partial charge < -0.3 is 10.0 Å². The fourth-order valence-electron chi connectivity index (χ4n) is 2.85. The lowest BCUT2D eigenvalue weighted by atomic mass is 9.78. The third-order valence-electron chi connectivity index (χ3n) is 4.82. The Bertz CT molecular complexity index is 875. The van der Waals surface area contributed by atoms with Crippen molar-refractivity contribution in [2.45, 2.75) is 52.4 Å². The first-order chi connectivity index (χ1) is 13.5. The molecule has 4 heteroatoms. The number of benzene rings is 2. The van der Waals surface area contributed by atoms with Crippen LogP contribution < -0.4 is 5.46 Å². The first-order valence-corrected chi connectivity index (χ1v) is 9.96. The van der Waals surface area contributed by atoms with E-state index in [9.17, 15) is 0 Å². The minimum absolute atomic E-state index is 0.110. The summed E-state index contributed by atoms with van der Waals surface area (Å²) < 4.78 is 0. The minimum atomic E-state index is -1.37. The molecule has 0 fully saturated rings. The maximum absolute atomic E-state index is 8.87. The maximum atomic E-state index is 8.87. The second kappa shape index (κ2) is 9.38. The highest BCUT2D eigenvalue weighted by Crippen LogP contribution is 2.25. The summed E-state index contributed by atoms with van der Waals surface area (Å²) in [6.07, 6.45) is 3.69. The van der Waals surface area contributed by atoms with E-state index in [-0.39, 0.29) is 10.8 Å². The summed E-state index contributed by atoms with van der Waals surface area (Å²) in [7, 11) is -1.37. The van der Waals surface area contributed by atoms with Crippen LogP contribution in [0.1, 0.15) is 52.7 Å². The van der Waals surface area contributed by atoms with Crippen LogP contribution in [0.2, 0.25) is 0 Å². The second-order valence-electron chi connectivity index (χ2n) is 9.31. The molecule has 0 unspecified atom stereocenters. The van der Waals surface area contributed by atoms with Gasteiger partial charge in [-0.2, -0.15) is 0 Å². The monoisotopic (exact) mass is 389 g/mol. The lowest BCUT2D eigenvalue weighted by Gasteiger charge is -2.19. The van der Waals surface area contributed by atoms with E-state index in [0.717, 1.165) is 0 Å². The summed E-state index contributed by atoms with van der Waals surface area (Å²) in [5.74, 6) is 0. The predicted octanol–water partition coefficient (Wildman–Crippen LogP) is 4.71. The molecule has 0 bridgehead atoms. The van der Waals surface area contributed by atoms with Gasteiger partial charge in [-0.05, 0) is 44.6 Å². The molecule has 1 heterocycles. The highest BCUT2D eigenvalue weighted by atomic mass is 16.4. The third kappa shape index (κ3) is 6.84. The van der Waals surface area contributed by atoms with Crippen LogP contribution in [0.5, 0.6) is 0 Å². The zero-order valence-corrected chi connectivity index (χ0v) is 18.3. The number of hydrogen-bond acceptors (Lipinski definition) is 3. The molecule has 1 aromatic heterocycles. The summed E-state index contributed by atoms with van der Waals surface area (Å²) in [6.45, 7) is 13.1. The van der Waals surface area contributed by atoms with Crippen LogP contribution in [-0.2, 0) is 10.8 Å². The van der Waals surface area contributed by atoms with Crippen LogP contribution in [0.15, 0.2) is 73.1 Å². The van der Waals surface area contributed by atoms with E-state index in [1.54, 1.807) is 18.3 Å². The standard InChI is InChI=1S/C15H17N.C10H15BO2/c1-15(2,3)14-8-6-12(7-9-14)13-5-4-10-16-11-13;1-10(2,3)8-4-6-9(7-5-8)11(12)13/h4-11H,1-3H3;4-7,12-13H,1-3H3. The molecule has 0 saturated heterocycles. The van der Waals surface area contributed by atoms with E-state index in [1.165, 1.54) is 22.3 Å². The Kier molecular flexibility index (Phi) is 7.40. The Morgan fingerprint density at radius 2 is 1.14 bits per heavy atom. The molecule has 3 nitrogen and oxygen atoms in total. The van der Waals surface area contributed by atoms with Gasteiger partial charge in [-0.3, -0.25) is 4.98 Å². The molecule has 152 valence electrons. The number of hydrogen-bond donors (Lipinski definition) is 2. The van der Waals surface area contributed by atoms with E-state index >= 15 is 0 Å². The average Bonchev–Trinajstić information content (AvgIpc) is 2.68. The molecule has 0 radical (unpaired) electrons. The summed E-state index contributed by atoms with van der Waals surface area (Å²) in [5, 5.41) is 17.7. The van der Waals surface area contributed by atoms with Crippen molar-refractivity contribution in [2.75, 3.05) is 0 Å². The molecule has 3 rings (SSSR count). The van der Waals surface area contributed by atoms with E-state index in [0.29, 0.717) is 5.46 Å². The largest absolute Gasteiger partial charge is 0.488 e. The van der Waals surface area contributed by atoms with Crippen LogP contribution >= 0.6 is 0 Å². The lowest BCUT2D eigenvalue weighted by Crippen LogP contribution is -2.29. The second-order valence-corrected chi connectivity index (χ2v) is 9.31. The molecular formula is C25H32BNO2. The molecule has 3 aromatic rings. The zero-order valence-electron chi connectivity index (χ0n) is 18.3. The molecule has 0 spiro atoms. The van der Waals surface area contributed by atoms with Crippen molar-refractivity contribution in [1.82, 2.24) is 4.98 Å². The van der Waals surface area contributed by atoms with Gasteiger partial charge in [0.05, 0.1) is 0 Å². The van der Waals surface area contributed by atoms with Crippen LogP contribution in [-0.4, -0.2) is 22.2 Å². The fraction of sp³-hybridized carbons (Fsp3) is 0.320. The first kappa shape index (κ1) is 22.9. The van der Waals surface area contributed by atoms with Crippen LogP contribution in [0.25, 0.3) is 11.1 Å². The Morgan fingerprint density at radius 1 is 0.655 bits per heavy atom. The smallest absolute Gasteiger partial charge is 0.423 e. The molecule has 0 aliphatic rings. The topological polar surface area (TPSA) is 53.4 Å². The van der Waals surface area contributed by atoms with Gasteiger partial charge >= 0.3 is 7.12 Å². The van der Waals surface area contributed by atoms with Gasteiger partial charge in [0.2, 0.25) is 0 Å². The van der Waals surface area contributed by atoms with Crippen molar-refractivity contribution in [3.8, 4) is 11.1 Å². The first-order valence-electron chi connectivity index (χ1n) is 9.96. The summed E-state index contributed by atoms with van der Waals surface area (Å²) in [6, 6.07) is 20.1. The molecule has 2 aromatic carbocycles. The van der Waals surface area contributed by atoms with Crippen LogP contribution in [0.3, 0.4) is 0 Å². The normalized spacial score (nSPS) is 11.4. The van der Waals surface area contributed by atoms with Crippen molar-refractivity contribution in [3.05, 3.63) is 84.2 Å². The van der Waals surface area contributed by atoms with E-state index in [2.05, 4.69) is 76.9 Å². The van der Waals surface area contributed by atoms with E-state index in [1.807, 2.05) is 24.4 Å². The van der Waals surface area contributed by atoms with Crippen molar-refractivity contribution >= 4 is 12.6 Å².